The minimum absolute atomic E-state index is 0.140. The second-order valence-electron chi connectivity index (χ2n) is 7.70. The van der Waals surface area contributed by atoms with Gasteiger partial charge in [0.2, 0.25) is 0 Å². The second kappa shape index (κ2) is 10.0. The smallest absolute Gasteiger partial charge is 0.188 e. The van der Waals surface area contributed by atoms with E-state index in [0.717, 1.165) is 30.5 Å². The van der Waals surface area contributed by atoms with Crippen molar-refractivity contribution in [3.63, 3.8) is 0 Å². The van der Waals surface area contributed by atoms with E-state index in [1.807, 2.05) is 35.0 Å². The van der Waals surface area contributed by atoms with E-state index in [2.05, 4.69) is 4.90 Å². The molecular formula is C25H27ClN2O3. The molecule has 1 fully saturated rings. The summed E-state index contributed by atoms with van der Waals surface area (Å²) in [6.45, 7) is 3.82. The molecule has 2 aromatic carbocycles. The molecule has 3 aromatic rings. The monoisotopic (exact) mass is 438 g/mol. The Bertz CT molecular complexity index is 1080. The third kappa shape index (κ3) is 5.12. The maximum absolute atomic E-state index is 12.5. The fraction of sp³-hybridized carbons (Fsp3) is 0.320. The summed E-state index contributed by atoms with van der Waals surface area (Å²) in [5.41, 5.74) is 1.43. The summed E-state index contributed by atoms with van der Waals surface area (Å²) in [4.78, 5) is 15.0. The number of fused-ring (bicyclic) bond motifs is 1. The van der Waals surface area contributed by atoms with Crippen LogP contribution in [0.25, 0.3) is 17.1 Å². The van der Waals surface area contributed by atoms with Gasteiger partial charge in [0.25, 0.3) is 0 Å². The molecule has 4 rings (SSSR count). The lowest BCUT2D eigenvalue weighted by atomic mass is 10.1. The number of aromatic nitrogens is 1. The van der Waals surface area contributed by atoms with Crippen LogP contribution in [0.2, 0.25) is 5.02 Å². The molecule has 0 aliphatic carbocycles. The highest BCUT2D eigenvalue weighted by atomic mass is 35.5. The SMILES string of the molecule is COc1cc2ccn(C=CC(=O)c3ccccc3Cl)c2cc1OCCN1CCCCC1. The highest BCUT2D eigenvalue weighted by molar-refractivity contribution is 6.34. The van der Waals surface area contributed by atoms with Crippen molar-refractivity contribution in [1.82, 2.24) is 9.47 Å². The molecule has 162 valence electrons. The molecule has 1 aliphatic heterocycles. The molecule has 0 amide bonds. The number of piperidine rings is 1. The highest BCUT2D eigenvalue weighted by Crippen LogP contribution is 2.33. The number of hydrogen-bond acceptors (Lipinski definition) is 4. The van der Waals surface area contributed by atoms with E-state index < -0.39 is 0 Å². The van der Waals surface area contributed by atoms with Crippen LogP contribution >= 0.6 is 11.6 Å². The molecule has 6 heteroatoms. The topological polar surface area (TPSA) is 43.7 Å². The van der Waals surface area contributed by atoms with E-state index in [4.69, 9.17) is 21.1 Å². The maximum atomic E-state index is 12.5. The van der Waals surface area contributed by atoms with Crippen LogP contribution in [0.1, 0.15) is 29.6 Å². The Kier molecular flexibility index (Phi) is 6.95. The molecule has 0 unspecified atom stereocenters. The van der Waals surface area contributed by atoms with Gasteiger partial charge in [-0.1, -0.05) is 30.2 Å². The number of carbonyl (C=O) groups is 1. The van der Waals surface area contributed by atoms with Gasteiger partial charge in [0, 0.05) is 42.0 Å². The van der Waals surface area contributed by atoms with Crippen LogP contribution in [-0.4, -0.2) is 48.6 Å². The van der Waals surface area contributed by atoms with Gasteiger partial charge >= 0.3 is 0 Å². The van der Waals surface area contributed by atoms with E-state index in [0.29, 0.717) is 28.7 Å². The third-order valence-corrected chi connectivity index (χ3v) is 5.97. The molecule has 1 aromatic heterocycles. The number of carbonyl (C=O) groups excluding carboxylic acids is 1. The maximum Gasteiger partial charge on any atom is 0.188 e. The predicted molar refractivity (Wildman–Crippen MR) is 125 cm³/mol. The zero-order valence-corrected chi connectivity index (χ0v) is 18.5. The zero-order chi connectivity index (χ0) is 21.6. The first-order valence-electron chi connectivity index (χ1n) is 10.7. The number of allylic oxidation sites excluding steroid dienone is 1. The van der Waals surface area contributed by atoms with Gasteiger partial charge in [-0.3, -0.25) is 9.69 Å². The average Bonchev–Trinajstić information content (AvgIpc) is 3.19. The summed E-state index contributed by atoms with van der Waals surface area (Å²) in [6, 6.07) is 13.0. The Morgan fingerprint density at radius 2 is 1.90 bits per heavy atom. The largest absolute Gasteiger partial charge is 0.493 e. The van der Waals surface area contributed by atoms with Crippen LogP contribution in [0.15, 0.2) is 54.7 Å². The molecule has 31 heavy (non-hydrogen) atoms. The molecule has 0 N–H and O–H groups in total. The first-order chi connectivity index (χ1) is 15.2. The van der Waals surface area contributed by atoms with Crippen molar-refractivity contribution in [1.29, 1.82) is 0 Å². The summed E-state index contributed by atoms with van der Waals surface area (Å²) in [5, 5.41) is 1.46. The number of ketones is 1. The van der Waals surface area contributed by atoms with Crippen molar-refractivity contribution in [2.75, 3.05) is 33.4 Å². The van der Waals surface area contributed by atoms with E-state index >= 15 is 0 Å². The molecule has 1 aliphatic rings. The number of rotatable bonds is 8. The van der Waals surface area contributed by atoms with Crippen LogP contribution in [0.4, 0.5) is 0 Å². The molecule has 0 radical (unpaired) electrons. The first kappa shape index (κ1) is 21.5. The standard InChI is InChI=1S/C25H27ClN2O3/c1-30-24-17-19-9-13-28(14-10-23(29)20-7-3-4-8-21(20)26)22(19)18-25(24)31-16-15-27-11-5-2-6-12-27/h3-4,7-10,13-14,17-18H,2,5-6,11-12,15-16H2,1H3. The summed E-state index contributed by atoms with van der Waals surface area (Å²) >= 11 is 6.14. The minimum atomic E-state index is -0.140. The van der Waals surface area contributed by atoms with Gasteiger partial charge in [-0.15, -0.1) is 0 Å². The number of benzene rings is 2. The normalized spacial score (nSPS) is 14.9. The Morgan fingerprint density at radius 3 is 2.68 bits per heavy atom. The third-order valence-electron chi connectivity index (χ3n) is 5.65. The summed E-state index contributed by atoms with van der Waals surface area (Å²) in [6.07, 6.45) is 9.05. The van der Waals surface area contributed by atoms with Gasteiger partial charge < -0.3 is 14.0 Å². The van der Waals surface area contributed by atoms with E-state index in [-0.39, 0.29) is 5.78 Å². The summed E-state index contributed by atoms with van der Waals surface area (Å²) < 4.78 is 13.5. The lowest BCUT2D eigenvalue weighted by Crippen LogP contribution is -2.33. The van der Waals surface area contributed by atoms with Gasteiger partial charge in [0.15, 0.2) is 17.3 Å². The van der Waals surface area contributed by atoms with Gasteiger partial charge in [0.05, 0.1) is 17.6 Å². The summed E-state index contributed by atoms with van der Waals surface area (Å²) in [7, 11) is 1.65. The molecule has 0 atom stereocenters. The van der Waals surface area contributed by atoms with Crippen LogP contribution in [0.5, 0.6) is 11.5 Å². The molecule has 2 heterocycles. The first-order valence-corrected chi connectivity index (χ1v) is 11.0. The van der Waals surface area contributed by atoms with Gasteiger partial charge in [-0.2, -0.15) is 0 Å². The number of hydrogen-bond donors (Lipinski definition) is 0. The predicted octanol–water partition coefficient (Wildman–Crippen LogP) is 5.52. The Hall–Kier alpha value is -2.76. The Morgan fingerprint density at radius 1 is 1.10 bits per heavy atom. The van der Waals surface area contributed by atoms with E-state index in [1.54, 1.807) is 31.5 Å². The minimum Gasteiger partial charge on any atom is -0.493 e. The molecule has 5 nitrogen and oxygen atoms in total. The average molecular weight is 439 g/mol. The van der Waals surface area contributed by atoms with Crippen molar-refractivity contribution < 1.29 is 14.3 Å². The molecule has 0 spiro atoms. The van der Waals surface area contributed by atoms with Gasteiger partial charge in [-0.05, 0) is 50.2 Å². The molecule has 0 saturated carbocycles. The van der Waals surface area contributed by atoms with Crippen molar-refractivity contribution in [2.24, 2.45) is 0 Å². The lowest BCUT2D eigenvalue weighted by Gasteiger charge is -2.26. The van der Waals surface area contributed by atoms with Crippen molar-refractivity contribution in [2.45, 2.75) is 19.3 Å². The fourth-order valence-corrected chi connectivity index (χ4v) is 4.16. The van der Waals surface area contributed by atoms with Gasteiger partial charge in [0.1, 0.15) is 6.61 Å². The zero-order valence-electron chi connectivity index (χ0n) is 17.7. The van der Waals surface area contributed by atoms with Crippen molar-refractivity contribution >= 4 is 34.5 Å². The van der Waals surface area contributed by atoms with Crippen LogP contribution in [0, 0.1) is 0 Å². The second-order valence-corrected chi connectivity index (χ2v) is 8.10. The number of nitrogens with zero attached hydrogens (tertiary/aromatic N) is 2. The highest BCUT2D eigenvalue weighted by Gasteiger charge is 2.13. The number of methoxy groups -OCH3 is 1. The van der Waals surface area contributed by atoms with E-state index in [9.17, 15) is 4.79 Å². The van der Waals surface area contributed by atoms with Crippen LogP contribution in [0.3, 0.4) is 0 Å². The number of ether oxygens (including phenoxy) is 2. The van der Waals surface area contributed by atoms with Gasteiger partial charge in [-0.25, -0.2) is 0 Å². The van der Waals surface area contributed by atoms with E-state index in [1.165, 1.54) is 25.3 Å². The van der Waals surface area contributed by atoms with Crippen LogP contribution < -0.4 is 9.47 Å². The van der Waals surface area contributed by atoms with Crippen molar-refractivity contribution in [3.05, 3.63) is 65.3 Å². The lowest BCUT2D eigenvalue weighted by molar-refractivity contribution is 0.104. The molecule has 1 saturated heterocycles. The Labute approximate surface area is 187 Å². The Balaban J connectivity index is 1.51. The quantitative estimate of drug-likeness (QED) is 0.343. The summed E-state index contributed by atoms with van der Waals surface area (Å²) in [5.74, 6) is 1.27. The van der Waals surface area contributed by atoms with Crippen LogP contribution in [-0.2, 0) is 0 Å². The number of likely N-dealkylation sites (tertiary alicyclic amines) is 1. The fourth-order valence-electron chi connectivity index (χ4n) is 3.93. The molecular weight excluding hydrogens is 412 g/mol. The van der Waals surface area contributed by atoms with Crippen molar-refractivity contribution in [3.8, 4) is 11.5 Å². The number of halogens is 1. The molecule has 0 bridgehead atoms.